The monoisotopic (exact) mass is 243 g/mol. The Morgan fingerprint density at radius 3 is 2.53 bits per heavy atom. The molecule has 0 fully saturated rings. The Morgan fingerprint density at radius 1 is 1.35 bits per heavy atom. The van der Waals surface area contributed by atoms with Crippen LogP contribution in [0.4, 0.5) is 12.9 Å². The van der Waals surface area contributed by atoms with Crippen molar-refractivity contribution in [1.82, 2.24) is 0 Å². The molecule has 0 saturated heterocycles. The second-order valence-corrected chi connectivity index (χ2v) is 4.25. The van der Waals surface area contributed by atoms with E-state index in [2.05, 4.69) is 6.58 Å². The van der Waals surface area contributed by atoms with Crippen molar-refractivity contribution in [3.8, 4) is 5.75 Å². The summed E-state index contributed by atoms with van der Waals surface area (Å²) in [5, 5.41) is 0. The van der Waals surface area contributed by atoms with Gasteiger partial charge in [0.05, 0.1) is 6.61 Å². The van der Waals surface area contributed by atoms with Gasteiger partial charge in [-0.25, -0.2) is 0 Å². The van der Waals surface area contributed by atoms with E-state index < -0.39 is 19.1 Å². The van der Waals surface area contributed by atoms with Gasteiger partial charge in [-0.3, -0.25) is 0 Å². The van der Waals surface area contributed by atoms with Gasteiger partial charge in [-0.2, -0.15) is 0 Å². The summed E-state index contributed by atoms with van der Waals surface area (Å²) >= 11 is 0. The van der Waals surface area contributed by atoms with E-state index in [1.165, 1.54) is 0 Å². The molecule has 0 N–H and O–H groups in total. The smallest absolute Gasteiger partial charge is 0.492 e. The molecule has 1 aromatic rings. The van der Waals surface area contributed by atoms with Crippen LogP contribution in [-0.4, -0.2) is 13.6 Å². The number of rotatable bonds is 5. The lowest BCUT2D eigenvalue weighted by molar-refractivity contribution is 0.346. The maximum absolute atomic E-state index is 12.2. The topological polar surface area (TPSA) is 9.23 Å². The van der Waals surface area contributed by atoms with Crippen LogP contribution in [-0.2, 0) is 0 Å². The molecule has 1 nitrogen and oxygen atoms in total. The molecular formula is C12H15BF3O-. The normalized spacial score (nSPS) is 11.6. The van der Waals surface area contributed by atoms with Gasteiger partial charge in [0.15, 0.2) is 0 Å². The van der Waals surface area contributed by atoms with Gasteiger partial charge in [0, 0.05) is 0 Å². The summed E-state index contributed by atoms with van der Waals surface area (Å²) < 4.78 is 41.8. The van der Waals surface area contributed by atoms with Crippen LogP contribution in [0.5, 0.6) is 5.75 Å². The van der Waals surface area contributed by atoms with Crippen molar-refractivity contribution in [1.29, 1.82) is 0 Å². The molecule has 1 aromatic carbocycles. The van der Waals surface area contributed by atoms with Crippen molar-refractivity contribution in [2.24, 2.45) is 0 Å². The van der Waals surface area contributed by atoms with Crippen molar-refractivity contribution in [2.75, 3.05) is 6.61 Å². The fourth-order valence-corrected chi connectivity index (χ4v) is 1.23. The molecule has 0 amide bonds. The van der Waals surface area contributed by atoms with Gasteiger partial charge >= 0.3 is 6.98 Å². The highest BCUT2D eigenvalue weighted by molar-refractivity contribution is 6.66. The predicted molar refractivity (Wildman–Crippen MR) is 64.2 cm³/mol. The van der Waals surface area contributed by atoms with E-state index in [9.17, 15) is 12.9 Å². The first-order valence-electron chi connectivity index (χ1n) is 5.41. The van der Waals surface area contributed by atoms with Crippen LogP contribution in [0.1, 0.15) is 25.3 Å². The molecule has 1 rings (SSSR count). The van der Waals surface area contributed by atoms with Crippen molar-refractivity contribution in [3.63, 3.8) is 0 Å². The SMILES string of the molecule is C=C(COc1cccc(C(C)C)c1)[B-](F)(F)F. The van der Waals surface area contributed by atoms with Gasteiger partial charge in [-0.1, -0.05) is 26.0 Å². The summed E-state index contributed by atoms with van der Waals surface area (Å²) in [6.45, 7) is 1.48. The van der Waals surface area contributed by atoms with Crippen molar-refractivity contribution >= 4 is 6.98 Å². The zero-order chi connectivity index (χ0) is 13.1. The molecule has 0 radical (unpaired) electrons. The second-order valence-electron chi connectivity index (χ2n) is 4.25. The van der Waals surface area contributed by atoms with Crippen LogP contribution in [0, 0.1) is 0 Å². The van der Waals surface area contributed by atoms with E-state index in [0.717, 1.165) is 5.56 Å². The Morgan fingerprint density at radius 2 is 2.00 bits per heavy atom. The maximum Gasteiger partial charge on any atom is 0.508 e. The maximum atomic E-state index is 12.2. The minimum atomic E-state index is -5.01. The molecule has 0 heterocycles. The Kier molecular flexibility index (Phi) is 4.26. The van der Waals surface area contributed by atoms with Crippen molar-refractivity contribution in [2.45, 2.75) is 19.8 Å². The second kappa shape index (κ2) is 5.30. The first-order valence-corrected chi connectivity index (χ1v) is 5.41. The largest absolute Gasteiger partial charge is 0.508 e. The molecule has 0 atom stereocenters. The fourth-order valence-electron chi connectivity index (χ4n) is 1.23. The summed E-state index contributed by atoms with van der Waals surface area (Å²) in [5.74, 6) is 0.756. The molecular weight excluding hydrogens is 228 g/mol. The van der Waals surface area contributed by atoms with E-state index in [1.54, 1.807) is 18.2 Å². The zero-order valence-electron chi connectivity index (χ0n) is 9.92. The highest BCUT2D eigenvalue weighted by Gasteiger charge is 2.26. The number of hydrogen-bond donors (Lipinski definition) is 0. The molecule has 0 aromatic heterocycles. The molecule has 0 aliphatic heterocycles. The summed E-state index contributed by atoms with van der Waals surface area (Å²) in [7, 11) is 0. The van der Waals surface area contributed by atoms with Crippen LogP contribution in [0.25, 0.3) is 0 Å². The summed E-state index contributed by atoms with van der Waals surface area (Å²) in [6.07, 6.45) is 0. The number of halogens is 3. The standard InChI is InChI=1S/C12H15BF3O/c1-9(2)11-5-4-6-12(7-11)17-8-10(3)13(14,15)16/h4-7,9H,3,8H2,1-2H3/q-1. The van der Waals surface area contributed by atoms with E-state index in [0.29, 0.717) is 11.7 Å². The minimum absolute atomic E-state index is 0.314. The Bertz CT molecular complexity index is 399. The third-order valence-corrected chi connectivity index (χ3v) is 2.41. The third kappa shape index (κ3) is 4.17. The minimum Gasteiger partial charge on any atom is -0.492 e. The first kappa shape index (κ1) is 13.7. The van der Waals surface area contributed by atoms with Crippen LogP contribution < -0.4 is 4.74 Å². The third-order valence-electron chi connectivity index (χ3n) is 2.41. The van der Waals surface area contributed by atoms with Crippen molar-refractivity contribution in [3.05, 3.63) is 41.9 Å². The van der Waals surface area contributed by atoms with Crippen LogP contribution >= 0.6 is 0 Å². The van der Waals surface area contributed by atoms with Gasteiger partial charge in [0.25, 0.3) is 0 Å². The Balaban J connectivity index is 2.64. The lowest BCUT2D eigenvalue weighted by Gasteiger charge is -2.18. The van der Waals surface area contributed by atoms with E-state index in [-0.39, 0.29) is 0 Å². The van der Waals surface area contributed by atoms with E-state index in [1.807, 2.05) is 19.9 Å². The summed E-state index contributed by atoms with van der Waals surface area (Å²) in [6, 6.07) is 7.08. The molecule has 0 aliphatic carbocycles. The molecule has 0 bridgehead atoms. The lowest BCUT2D eigenvalue weighted by Crippen LogP contribution is -2.23. The van der Waals surface area contributed by atoms with Gasteiger partial charge in [0.2, 0.25) is 0 Å². The van der Waals surface area contributed by atoms with Crippen molar-refractivity contribution < 1.29 is 17.7 Å². The lowest BCUT2D eigenvalue weighted by atomic mass is 9.81. The van der Waals surface area contributed by atoms with E-state index >= 15 is 0 Å². The Hall–Kier alpha value is -1.39. The number of benzene rings is 1. The number of ether oxygens (including phenoxy) is 1. The highest BCUT2D eigenvalue weighted by Crippen LogP contribution is 2.22. The van der Waals surface area contributed by atoms with Gasteiger partial charge < -0.3 is 17.7 Å². The molecule has 0 aliphatic rings. The van der Waals surface area contributed by atoms with Crippen LogP contribution in [0.2, 0.25) is 0 Å². The molecule has 5 heteroatoms. The Labute approximate surface area is 99.3 Å². The zero-order valence-corrected chi connectivity index (χ0v) is 9.92. The molecule has 0 unspecified atom stereocenters. The molecule has 94 valence electrons. The predicted octanol–water partition coefficient (Wildman–Crippen LogP) is 4.13. The summed E-state index contributed by atoms with van der Waals surface area (Å²) in [5.41, 5.74) is 0.214. The van der Waals surface area contributed by atoms with E-state index in [4.69, 9.17) is 4.74 Å². The van der Waals surface area contributed by atoms with Gasteiger partial charge in [-0.15, -0.1) is 12.1 Å². The highest BCUT2D eigenvalue weighted by atomic mass is 19.4. The molecule has 0 saturated carbocycles. The van der Waals surface area contributed by atoms with Gasteiger partial charge in [0.1, 0.15) is 5.75 Å². The van der Waals surface area contributed by atoms with Crippen LogP contribution in [0.3, 0.4) is 0 Å². The fraction of sp³-hybridized carbons (Fsp3) is 0.333. The number of hydrogen-bond acceptors (Lipinski definition) is 1. The quantitative estimate of drug-likeness (QED) is 0.706. The van der Waals surface area contributed by atoms with Crippen LogP contribution in [0.15, 0.2) is 36.3 Å². The molecule has 17 heavy (non-hydrogen) atoms. The summed E-state index contributed by atoms with van der Waals surface area (Å²) in [4.78, 5) is 0. The van der Waals surface area contributed by atoms with Gasteiger partial charge in [-0.05, 0) is 23.6 Å². The first-order chi connectivity index (χ1) is 7.80. The average molecular weight is 243 g/mol. The molecule has 0 spiro atoms. The average Bonchev–Trinajstić information content (AvgIpc) is 2.25.